The van der Waals surface area contributed by atoms with Crippen LogP contribution in [0.1, 0.15) is 127 Å². The van der Waals surface area contributed by atoms with Gasteiger partial charge in [0.05, 0.1) is 11.2 Å². The zero-order valence-corrected chi connectivity index (χ0v) is 21.4. The topological polar surface area (TPSA) is 36.9 Å². The van der Waals surface area contributed by atoms with E-state index in [2.05, 4.69) is 68.4 Å². The minimum absolute atomic E-state index is 0.364. The highest BCUT2D eigenvalue weighted by Gasteiger charge is 2.25. The molecule has 0 saturated heterocycles. The van der Waals surface area contributed by atoms with Crippen LogP contribution in [0.5, 0.6) is 0 Å². The van der Waals surface area contributed by atoms with Crippen LogP contribution in [0, 0.1) is 0 Å². The van der Waals surface area contributed by atoms with Crippen LogP contribution in [0.4, 0.5) is 0 Å². The van der Waals surface area contributed by atoms with E-state index in [0.29, 0.717) is 0 Å². The molecule has 0 aromatic carbocycles. The van der Waals surface area contributed by atoms with E-state index in [0.717, 1.165) is 38.5 Å². The van der Waals surface area contributed by atoms with E-state index < -0.39 is 6.29 Å². The first-order chi connectivity index (χ1) is 14.0. The van der Waals surface area contributed by atoms with Crippen molar-refractivity contribution in [2.45, 2.75) is 144 Å². The van der Waals surface area contributed by atoms with Crippen LogP contribution in [0.3, 0.4) is 0 Å². The zero-order valence-electron chi connectivity index (χ0n) is 21.4. The van der Waals surface area contributed by atoms with Crippen molar-refractivity contribution in [1.29, 1.82) is 0 Å². The average molecular weight is 427 g/mol. The van der Waals surface area contributed by atoms with Crippen LogP contribution in [0.25, 0.3) is 0 Å². The summed E-state index contributed by atoms with van der Waals surface area (Å²) in [6.45, 7) is 19.0. The second-order valence-corrected chi connectivity index (χ2v) is 9.99. The molecule has 0 amide bonds. The molecular weight excluding hydrogens is 376 g/mol. The van der Waals surface area contributed by atoms with E-state index >= 15 is 0 Å². The highest BCUT2D eigenvalue weighted by Crippen LogP contribution is 2.23. The first-order valence-electron chi connectivity index (χ1n) is 12.0. The molecule has 0 saturated carbocycles. The van der Waals surface area contributed by atoms with Crippen LogP contribution in [0.15, 0.2) is 23.3 Å². The van der Waals surface area contributed by atoms with Crippen molar-refractivity contribution in [2.75, 3.05) is 0 Å². The van der Waals surface area contributed by atoms with E-state index in [4.69, 9.17) is 19.6 Å². The van der Waals surface area contributed by atoms with Gasteiger partial charge in [0, 0.05) is 0 Å². The van der Waals surface area contributed by atoms with Crippen LogP contribution >= 0.6 is 0 Å². The molecule has 0 aliphatic rings. The smallest absolute Gasteiger partial charge is 0.228 e. The standard InChI is InChI=1S/C26H50O4/c1-10-12-14-19-25(6,7)29-27-24(21-23(5)18-16-17-22(3)4)28-30-26(8,9)20-15-13-11-2/h17,21,24H,10-16,18-20H2,1-9H3. The van der Waals surface area contributed by atoms with Gasteiger partial charge >= 0.3 is 0 Å². The molecule has 0 radical (unpaired) electrons. The second kappa shape index (κ2) is 16.0. The van der Waals surface area contributed by atoms with Gasteiger partial charge in [-0.1, -0.05) is 69.6 Å². The lowest BCUT2D eigenvalue weighted by molar-refractivity contribution is -0.488. The number of hydrogen-bond donors (Lipinski definition) is 0. The molecular formula is C26H50O4. The summed E-state index contributed by atoms with van der Waals surface area (Å²) >= 11 is 0. The first kappa shape index (κ1) is 29.3. The average Bonchev–Trinajstić information content (AvgIpc) is 2.64. The Morgan fingerprint density at radius 1 is 0.767 bits per heavy atom. The Balaban J connectivity index is 4.92. The molecule has 4 heteroatoms. The zero-order chi connectivity index (χ0) is 23.0. The summed E-state index contributed by atoms with van der Waals surface area (Å²) < 4.78 is 0. The SMILES string of the molecule is CCCCCC(C)(C)OOC(C=C(C)CCC=C(C)C)OOC(C)(C)CCCCC. The highest BCUT2D eigenvalue weighted by atomic mass is 17.3. The van der Waals surface area contributed by atoms with Crippen molar-refractivity contribution in [3.05, 3.63) is 23.3 Å². The lowest BCUT2D eigenvalue weighted by Gasteiger charge is -2.28. The third-order valence-corrected chi connectivity index (χ3v) is 5.01. The van der Waals surface area contributed by atoms with Crippen molar-refractivity contribution in [3.8, 4) is 0 Å². The summed E-state index contributed by atoms with van der Waals surface area (Å²) in [4.78, 5) is 23.0. The molecule has 0 bridgehead atoms. The van der Waals surface area contributed by atoms with E-state index in [9.17, 15) is 0 Å². The predicted octanol–water partition coefficient (Wildman–Crippen LogP) is 8.62. The molecule has 0 heterocycles. The van der Waals surface area contributed by atoms with E-state index in [-0.39, 0.29) is 11.2 Å². The van der Waals surface area contributed by atoms with Gasteiger partial charge in [-0.15, -0.1) is 0 Å². The number of rotatable bonds is 18. The molecule has 0 aromatic heterocycles. The van der Waals surface area contributed by atoms with Gasteiger partial charge < -0.3 is 0 Å². The minimum atomic E-state index is -0.687. The molecule has 4 nitrogen and oxygen atoms in total. The number of hydrogen-bond acceptors (Lipinski definition) is 4. The molecule has 0 spiro atoms. The van der Waals surface area contributed by atoms with Crippen LogP contribution in [-0.2, 0) is 19.6 Å². The molecule has 30 heavy (non-hydrogen) atoms. The Labute approximate surface area is 187 Å². The monoisotopic (exact) mass is 426 g/mol. The van der Waals surface area contributed by atoms with Gasteiger partial charge in [-0.3, -0.25) is 0 Å². The Hall–Kier alpha value is -0.680. The molecule has 0 aliphatic heterocycles. The molecule has 0 aromatic rings. The summed E-state index contributed by atoms with van der Waals surface area (Å²) in [5.74, 6) is 0. The van der Waals surface area contributed by atoms with Gasteiger partial charge in [0.2, 0.25) is 6.29 Å². The number of unbranched alkanes of at least 4 members (excludes halogenated alkanes) is 4. The summed E-state index contributed by atoms with van der Waals surface area (Å²) in [7, 11) is 0. The van der Waals surface area contributed by atoms with Crippen molar-refractivity contribution < 1.29 is 19.6 Å². The van der Waals surface area contributed by atoms with Gasteiger partial charge in [-0.25, -0.2) is 9.78 Å². The summed E-state index contributed by atoms with van der Waals surface area (Å²) in [6.07, 6.45) is 14.4. The lowest BCUT2D eigenvalue weighted by atomic mass is 10.0. The van der Waals surface area contributed by atoms with Crippen molar-refractivity contribution in [3.63, 3.8) is 0 Å². The second-order valence-electron chi connectivity index (χ2n) is 9.99. The van der Waals surface area contributed by atoms with Crippen LogP contribution < -0.4 is 0 Å². The fraction of sp³-hybridized carbons (Fsp3) is 0.846. The highest BCUT2D eigenvalue weighted by molar-refractivity contribution is 5.03. The Morgan fingerprint density at radius 3 is 1.63 bits per heavy atom. The molecule has 0 rings (SSSR count). The van der Waals surface area contributed by atoms with Gasteiger partial charge in [-0.05, 0) is 80.2 Å². The van der Waals surface area contributed by atoms with Gasteiger partial charge in [0.25, 0.3) is 0 Å². The quantitative estimate of drug-likeness (QED) is 0.0722. The van der Waals surface area contributed by atoms with E-state index in [1.54, 1.807) is 0 Å². The molecule has 0 atom stereocenters. The largest absolute Gasteiger partial charge is 0.242 e. The Kier molecular flexibility index (Phi) is 15.7. The van der Waals surface area contributed by atoms with Crippen LogP contribution in [0.2, 0.25) is 0 Å². The molecule has 0 N–H and O–H groups in total. The Bertz CT molecular complexity index is 461. The molecule has 0 unspecified atom stereocenters. The lowest BCUT2D eigenvalue weighted by Crippen LogP contribution is -2.31. The molecule has 0 fully saturated rings. The van der Waals surface area contributed by atoms with E-state index in [1.807, 2.05) is 6.08 Å². The minimum Gasteiger partial charge on any atom is -0.228 e. The maximum absolute atomic E-state index is 5.78. The van der Waals surface area contributed by atoms with Crippen molar-refractivity contribution in [1.82, 2.24) is 0 Å². The predicted molar refractivity (Wildman–Crippen MR) is 127 cm³/mol. The molecule has 0 aliphatic carbocycles. The van der Waals surface area contributed by atoms with Gasteiger partial charge in [0.15, 0.2) is 0 Å². The molecule has 178 valence electrons. The third kappa shape index (κ3) is 17.0. The van der Waals surface area contributed by atoms with Crippen molar-refractivity contribution >= 4 is 0 Å². The van der Waals surface area contributed by atoms with Gasteiger partial charge in [-0.2, -0.15) is 9.78 Å². The fourth-order valence-corrected chi connectivity index (χ4v) is 3.02. The summed E-state index contributed by atoms with van der Waals surface area (Å²) in [5, 5.41) is 0. The van der Waals surface area contributed by atoms with Gasteiger partial charge in [0.1, 0.15) is 0 Å². The maximum atomic E-state index is 5.78. The van der Waals surface area contributed by atoms with Crippen LogP contribution in [-0.4, -0.2) is 17.5 Å². The normalized spacial score (nSPS) is 13.2. The number of allylic oxidation sites excluding steroid dienone is 3. The maximum Gasteiger partial charge on any atom is 0.242 e. The summed E-state index contributed by atoms with van der Waals surface area (Å²) in [5.41, 5.74) is 1.80. The summed E-state index contributed by atoms with van der Waals surface area (Å²) in [6, 6.07) is 0. The fourth-order valence-electron chi connectivity index (χ4n) is 3.02. The van der Waals surface area contributed by atoms with Crippen molar-refractivity contribution in [2.24, 2.45) is 0 Å². The Morgan fingerprint density at radius 2 is 1.23 bits per heavy atom. The third-order valence-electron chi connectivity index (χ3n) is 5.01. The first-order valence-corrected chi connectivity index (χ1v) is 12.0. The van der Waals surface area contributed by atoms with E-state index in [1.165, 1.54) is 36.8 Å².